The van der Waals surface area contributed by atoms with Gasteiger partial charge in [-0.3, -0.25) is 4.79 Å². The standard InChI is InChI=1S/C22H27F3N2O4/c1-13-11-27(9-6-14-4-7-21(30,12-28)8-5-14)18-16-10-15(22(23,24)25)2-3-17(16)31-19(18)20(29)26-13/h2-3,10,13-14,28,30H,4-9,11-12H2,1H3,(H,26,29)/t13-,14?,21?/m0/s1. The zero-order valence-corrected chi connectivity index (χ0v) is 17.3. The topological polar surface area (TPSA) is 85.9 Å². The van der Waals surface area contributed by atoms with Crippen LogP contribution in [-0.2, 0) is 6.18 Å². The van der Waals surface area contributed by atoms with Crippen LogP contribution in [0.5, 0.6) is 0 Å². The average molecular weight is 440 g/mol. The van der Waals surface area contributed by atoms with E-state index in [1.54, 1.807) is 0 Å². The molecule has 0 bridgehead atoms. The van der Waals surface area contributed by atoms with E-state index in [-0.39, 0.29) is 29.4 Å². The zero-order chi connectivity index (χ0) is 22.4. The first-order valence-electron chi connectivity index (χ1n) is 10.6. The number of aliphatic hydroxyl groups excluding tert-OH is 1. The Balaban J connectivity index is 1.62. The number of benzene rings is 1. The van der Waals surface area contributed by atoms with Gasteiger partial charge in [0.2, 0.25) is 5.76 Å². The highest BCUT2D eigenvalue weighted by Gasteiger charge is 2.36. The van der Waals surface area contributed by atoms with Gasteiger partial charge in [-0.2, -0.15) is 13.2 Å². The molecule has 0 unspecified atom stereocenters. The van der Waals surface area contributed by atoms with Crippen LogP contribution in [0.2, 0.25) is 0 Å². The number of rotatable bonds is 4. The van der Waals surface area contributed by atoms with Crippen molar-refractivity contribution in [2.24, 2.45) is 5.92 Å². The minimum Gasteiger partial charge on any atom is -0.449 e. The van der Waals surface area contributed by atoms with Crippen LogP contribution in [0.25, 0.3) is 11.0 Å². The average Bonchev–Trinajstić information content (AvgIpc) is 3.05. The molecule has 6 nitrogen and oxygen atoms in total. The minimum atomic E-state index is -4.49. The van der Waals surface area contributed by atoms with Gasteiger partial charge in [-0.1, -0.05) is 0 Å². The van der Waals surface area contributed by atoms with Crippen molar-refractivity contribution in [3.8, 4) is 0 Å². The highest BCUT2D eigenvalue weighted by Crippen LogP contribution is 2.40. The molecule has 1 aromatic carbocycles. The van der Waals surface area contributed by atoms with Crippen molar-refractivity contribution in [2.45, 2.75) is 56.8 Å². The lowest BCUT2D eigenvalue weighted by Crippen LogP contribution is -2.40. The van der Waals surface area contributed by atoms with Crippen molar-refractivity contribution in [3.63, 3.8) is 0 Å². The Kier molecular flexibility index (Phi) is 5.68. The van der Waals surface area contributed by atoms with Gasteiger partial charge in [0.25, 0.3) is 5.91 Å². The predicted octanol–water partition coefficient (Wildman–Crippen LogP) is 3.69. The lowest BCUT2D eigenvalue weighted by molar-refractivity contribution is -0.137. The van der Waals surface area contributed by atoms with Gasteiger partial charge < -0.3 is 24.8 Å². The highest BCUT2D eigenvalue weighted by molar-refractivity contribution is 6.07. The quantitative estimate of drug-likeness (QED) is 0.675. The lowest BCUT2D eigenvalue weighted by Gasteiger charge is -2.35. The number of hydrogen-bond donors (Lipinski definition) is 3. The third-order valence-electron chi connectivity index (χ3n) is 6.52. The molecule has 1 amide bonds. The number of amides is 1. The SMILES string of the molecule is C[C@H]1CN(CCC2CCC(O)(CO)CC2)c2c(oc3ccc(C(F)(F)F)cc23)C(=O)N1. The summed E-state index contributed by atoms with van der Waals surface area (Å²) in [7, 11) is 0. The first kappa shape index (κ1) is 22.0. The summed E-state index contributed by atoms with van der Waals surface area (Å²) in [4.78, 5) is 14.6. The number of furan rings is 1. The predicted molar refractivity (Wildman–Crippen MR) is 109 cm³/mol. The maximum absolute atomic E-state index is 13.3. The summed E-state index contributed by atoms with van der Waals surface area (Å²) in [5.74, 6) is -0.0567. The second kappa shape index (κ2) is 8.02. The third kappa shape index (κ3) is 4.39. The Morgan fingerprint density at radius 1 is 1.29 bits per heavy atom. The van der Waals surface area contributed by atoms with Crippen LogP contribution < -0.4 is 10.2 Å². The highest BCUT2D eigenvalue weighted by atomic mass is 19.4. The number of alkyl halides is 3. The first-order chi connectivity index (χ1) is 14.6. The maximum atomic E-state index is 13.3. The van der Waals surface area contributed by atoms with E-state index < -0.39 is 23.2 Å². The van der Waals surface area contributed by atoms with Crippen molar-refractivity contribution >= 4 is 22.6 Å². The van der Waals surface area contributed by atoms with E-state index in [0.717, 1.165) is 31.4 Å². The molecular weight excluding hydrogens is 413 g/mol. The van der Waals surface area contributed by atoms with Crippen LogP contribution in [0.4, 0.5) is 18.9 Å². The van der Waals surface area contributed by atoms with Crippen molar-refractivity contribution in [1.29, 1.82) is 0 Å². The maximum Gasteiger partial charge on any atom is 0.416 e. The van der Waals surface area contributed by atoms with Gasteiger partial charge in [-0.05, 0) is 63.1 Å². The van der Waals surface area contributed by atoms with E-state index in [9.17, 15) is 28.2 Å². The fraction of sp³-hybridized carbons (Fsp3) is 0.591. The molecule has 3 N–H and O–H groups in total. The number of halogens is 3. The van der Waals surface area contributed by atoms with Crippen molar-refractivity contribution in [2.75, 3.05) is 24.6 Å². The van der Waals surface area contributed by atoms with Crippen LogP contribution in [0.3, 0.4) is 0 Å². The van der Waals surface area contributed by atoms with Gasteiger partial charge >= 0.3 is 6.18 Å². The number of carbonyl (C=O) groups is 1. The minimum absolute atomic E-state index is 0.0389. The molecule has 2 aliphatic rings. The van der Waals surface area contributed by atoms with Gasteiger partial charge in [0, 0.05) is 24.5 Å². The van der Waals surface area contributed by atoms with E-state index >= 15 is 0 Å². The summed E-state index contributed by atoms with van der Waals surface area (Å²) in [6.45, 7) is 2.61. The second-order valence-electron chi connectivity index (χ2n) is 8.92. The number of nitrogens with zero attached hydrogens (tertiary/aromatic N) is 1. The third-order valence-corrected chi connectivity index (χ3v) is 6.52. The summed E-state index contributed by atoms with van der Waals surface area (Å²) in [5.41, 5.74) is -1.13. The van der Waals surface area contributed by atoms with E-state index in [4.69, 9.17) is 4.42 Å². The second-order valence-corrected chi connectivity index (χ2v) is 8.92. The Morgan fingerprint density at radius 3 is 2.65 bits per heavy atom. The van der Waals surface area contributed by atoms with Gasteiger partial charge in [0.15, 0.2) is 0 Å². The van der Waals surface area contributed by atoms with Gasteiger partial charge in [0.05, 0.1) is 23.5 Å². The summed E-state index contributed by atoms with van der Waals surface area (Å²) >= 11 is 0. The molecule has 1 aliphatic heterocycles. The van der Waals surface area contributed by atoms with Crippen LogP contribution >= 0.6 is 0 Å². The molecule has 2 heterocycles. The Labute approximate surface area is 178 Å². The van der Waals surface area contributed by atoms with E-state index in [1.165, 1.54) is 6.07 Å². The fourth-order valence-corrected chi connectivity index (χ4v) is 4.69. The molecule has 1 fully saturated rings. The Hall–Kier alpha value is -2.26. The molecule has 9 heteroatoms. The van der Waals surface area contributed by atoms with E-state index in [0.29, 0.717) is 37.5 Å². The molecule has 0 radical (unpaired) electrons. The van der Waals surface area contributed by atoms with Gasteiger partial charge in [-0.25, -0.2) is 0 Å². The summed E-state index contributed by atoms with van der Waals surface area (Å²) in [6, 6.07) is 3.08. The molecule has 1 aromatic heterocycles. The normalized spacial score (nSPS) is 27.2. The molecule has 0 saturated heterocycles. The van der Waals surface area contributed by atoms with Crippen molar-refractivity contribution in [1.82, 2.24) is 5.32 Å². The molecule has 2 aromatic rings. The Bertz CT molecular complexity index is 964. The molecule has 31 heavy (non-hydrogen) atoms. The zero-order valence-electron chi connectivity index (χ0n) is 17.3. The number of aliphatic hydroxyl groups is 2. The Morgan fingerprint density at radius 2 is 2.00 bits per heavy atom. The first-order valence-corrected chi connectivity index (χ1v) is 10.6. The number of carbonyl (C=O) groups excluding carboxylic acids is 1. The fourth-order valence-electron chi connectivity index (χ4n) is 4.69. The van der Waals surface area contributed by atoms with Crippen LogP contribution in [0, 0.1) is 5.92 Å². The molecule has 1 atom stereocenters. The van der Waals surface area contributed by atoms with Crippen molar-refractivity contribution in [3.05, 3.63) is 29.5 Å². The number of nitrogens with one attached hydrogen (secondary N) is 1. The smallest absolute Gasteiger partial charge is 0.416 e. The molecule has 1 aliphatic carbocycles. The van der Waals surface area contributed by atoms with E-state index in [1.807, 2.05) is 11.8 Å². The molecule has 1 saturated carbocycles. The summed E-state index contributed by atoms with van der Waals surface area (Å²) in [5, 5.41) is 22.7. The van der Waals surface area contributed by atoms with Crippen LogP contribution in [0.15, 0.2) is 22.6 Å². The summed E-state index contributed by atoms with van der Waals surface area (Å²) < 4.78 is 45.6. The molecule has 4 rings (SSSR count). The van der Waals surface area contributed by atoms with Gasteiger partial charge in [0.1, 0.15) is 5.58 Å². The molecule has 170 valence electrons. The summed E-state index contributed by atoms with van der Waals surface area (Å²) in [6.07, 6.45) is -1.12. The van der Waals surface area contributed by atoms with E-state index in [2.05, 4.69) is 5.32 Å². The lowest BCUT2D eigenvalue weighted by atomic mass is 9.78. The monoisotopic (exact) mass is 440 g/mol. The number of fused-ring (bicyclic) bond motifs is 3. The van der Waals surface area contributed by atoms with Crippen LogP contribution in [0.1, 0.15) is 55.1 Å². The van der Waals surface area contributed by atoms with Crippen molar-refractivity contribution < 1.29 is 32.6 Å². The largest absolute Gasteiger partial charge is 0.449 e. The number of anilines is 1. The molecular formula is C22H27F3N2O4. The van der Waals surface area contributed by atoms with Crippen LogP contribution in [-0.4, -0.2) is 47.5 Å². The molecule has 0 spiro atoms. The van der Waals surface area contributed by atoms with Gasteiger partial charge in [-0.15, -0.1) is 0 Å². The number of hydrogen-bond acceptors (Lipinski definition) is 5.